The normalized spacial score (nSPS) is 10.8. The van der Waals surface area contributed by atoms with E-state index in [2.05, 4.69) is 26.0 Å². The summed E-state index contributed by atoms with van der Waals surface area (Å²) in [5.41, 5.74) is 1.33. The molecular weight excluding hydrogens is 510 g/mol. The highest BCUT2D eigenvalue weighted by atomic mass is 35.5. The average Bonchev–Trinajstić information content (AvgIpc) is 3.29. The molecule has 2 heterocycles. The minimum atomic E-state index is -1.26. The Bertz CT molecular complexity index is 1510. The van der Waals surface area contributed by atoms with Gasteiger partial charge in [-0.05, 0) is 29.8 Å². The van der Waals surface area contributed by atoms with Crippen LogP contribution in [0, 0.1) is 11.6 Å². The van der Waals surface area contributed by atoms with Crippen molar-refractivity contribution in [2.45, 2.75) is 13.1 Å². The first-order valence-corrected chi connectivity index (χ1v) is 11.2. The summed E-state index contributed by atoms with van der Waals surface area (Å²) in [4.78, 5) is 40.8. The van der Waals surface area contributed by atoms with Gasteiger partial charge in [-0.3, -0.25) is 14.4 Å². The van der Waals surface area contributed by atoms with Gasteiger partial charge in [-0.2, -0.15) is 5.10 Å². The number of amides is 2. The number of hydrogen-bond acceptors (Lipinski definition) is 6. The van der Waals surface area contributed by atoms with E-state index in [-0.39, 0.29) is 30.1 Å². The molecule has 4 N–H and O–H groups in total. The van der Waals surface area contributed by atoms with Gasteiger partial charge >= 0.3 is 5.97 Å². The molecule has 0 aliphatic heterocycles. The zero-order chi connectivity index (χ0) is 26.5. The van der Waals surface area contributed by atoms with Gasteiger partial charge in [-0.15, -0.1) is 0 Å². The number of halogens is 3. The van der Waals surface area contributed by atoms with E-state index in [1.165, 1.54) is 16.8 Å². The van der Waals surface area contributed by atoms with Crippen LogP contribution in [-0.4, -0.2) is 44.0 Å². The largest absolute Gasteiger partial charge is 0.480 e. The molecule has 2 amide bonds. The maximum absolute atomic E-state index is 13.5. The molecule has 0 saturated carbocycles. The maximum Gasteiger partial charge on any atom is 0.322 e. The highest BCUT2D eigenvalue weighted by molar-refractivity contribution is 6.33. The highest BCUT2D eigenvalue weighted by Gasteiger charge is 2.20. The Kier molecular flexibility index (Phi) is 7.58. The number of fused-ring (bicyclic) bond motifs is 1. The molecule has 13 heteroatoms. The number of anilines is 1. The van der Waals surface area contributed by atoms with Gasteiger partial charge in [0.1, 0.15) is 17.9 Å². The van der Waals surface area contributed by atoms with Crippen molar-refractivity contribution in [1.29, 1.82) is 0 Å². The number of rotatable bonds is 9. The fraction of sp³-hybridized carbons (Fsp3) is 0.125. The van der Waals surface area contributed by atoms with Crippen LogP contribution in [0.1, 0.15) is 32.1 Å². The van der Waals surface area contributed by atoms with Crippen LogP contribution in [0.4, 0.5) is 14.5 Å². The molecule has 10 nitrogen and oxygen atoms in total. The molecule has 0 fully saturated rings. The number of nitrogens with zero attached hydrogens (tertiary/aromatic N) is 3. The van der Waals surface area contributed by atoms with Gasteiger partial charge in [-0.25, -0.2) is 18.3 Å². The van der Waals surface area contributed by atoms with Crippen molar-refractivity contribution in [2.75, 3.05) is 11.9 Å². The van der Waals surface area contributed by atoms with E-state index in [1.807, 2.05) is 0 Å². The summed E-state index contributed by atoms with van der Waals surface area (Å²) >= 11 is 6.18. The molecule has 0 saturated heterocycles. The summed E-state index contributed by atoms with van der Waals surface area (Å²) < 4.78 is 27.9. The lowest BCUT2D eigenvalue weighted by molar-refractivity contribution is -0.135. The number of carboxylic acid groups (broad SMARTS) is 1. The molecule has 0 aliphatic rings. The van der Waals surface area contributed by atoms with E-state index in [4.69, 9.17) is 16.7 Å². The minimum absolute atomic E-state index is 0.131. The highest BCUT2D eigenvalue weighted by Crippen LogP contribution is 2.22. The van der Waals surface area contributed by atoms with E-state index < -0.39 is 36.0 Å². The van der Waals surface area contributed by atoms with Crippen molar-refractivity contribution in [3.05, 3.63) is 93.9 Å². The number of nitrogens with one attached hydrogen (secondary N) is 3. The average molecular weight is 529 g/mol. The lowest BCUT2D eigenvalue weighted by Gasteiger charge is -2.10. The molecule has 0 bridgehead atoms. The monoisotopic (exact) mass is 528 g/mol. The van der Waals surface area contributed by atoms with Crippen molar-refractivity contribution >= 4 is 40.7 Å². The fourth-order valence-electron chi connectivity index (χ4n) is 3.38. The number of para-hydroxylation sites is 1. The lowest BCUT2D eigenvalue weighted by atomic mass is 10.2. The van der Waals surface area contributed by atoms with Crippen LogP contribution in [0.15, 0.2) is 54.7 Å². The Morgan fingerprint density at radius 1 is 0.973 bits per heavy atom. The molecule has 190 valence electrons. The van der Waals surface area contributed by atoms with E-state index in [0.717, 1.165) is 18.2 Å². The van der Waals surface area contributed by atoms with Crippen molar-refractivity contribution in [1.82, 2.24) is 25.2 Å². The van der Waals surface area contributed by atoms with Crippen LogP contribution in [0.3, 0.4) is 0 Å². The number of carboxylic acids is 1. The predicted molar refractivity (Wildman–Crippen MR) is 129 cm³/mol. The molecule has 0 aliphatic carbocycles. The number of aromatic nitrogens is 3. The number of carbonyl (C=O) groups is 3. The van der Waals surface area contributed by atoms with Crippen molar-refractivity contribution in [2.24, 2.45) is 0 Å². The second-order valence-corrected chi connectivity index (χ2v) is 8.18. The Morgan fingerprint density at radius 2 is 1.76 bits per heavy atom. The molecular formula is C24H19ClF2N6O4. The third-order valence-electron chi connectivity index (χ3n) is 5.19. The lowest BCUT2D eigenvalue weighted by Crippen LogP contribution is -2.32. The van der Waals surface area contributed by atoms with Gasteiger partial charge in [0.15, 0.2) is 17.3 Å². The number of aliphatic carboxylic acids is 1. The Labute approximate surface area is 213 Å². The van der Waals surface area contributed by atoms with E-state index in [1.54, 1.807) is 24.3 Å². The van der Waals surface area contributed by atoms with Gasteiger partial charge in [0.2, 0.25) is 0 Å². The number of hydrogen-bond donors (Lipinski definition) is 4. The quantitative estimate of drug-likeness (QED) is 0.262. The van der Waals surface area contributed by atoms with Gasteiger partial charge in [0.05, 0.1) is 16.9 Å². The van der Waals surface area contributed by atoms with Gasteiger partial charge < -0.3 is 21.1 Å². The molecule has 2 aromatic carbocycles. The standard InChI is InChI=1S/C24H19ClF2N6O4/c25-15-3-1-2-4-18(15)28-10-14-11-31-33-20(24(37)30-12-21(34)35)8-19(32-22(14)33)23(36)29-9-13-5-6-16(26)17(27)7-13/h1-8,11,28H,9-10,12H2,(H,29,36)(H,30,37)(H,34,35). The summed E-state index contributed by atoms with van der Waals surface area (Å²) in [6.07, 6.45) is 1.45. The summed E-state index contributed by atoms with van der Waals surface area (Å²) in [6.45, 7) is -0.595. The SMILES string of the molecule is O=C(O)CNC(=O)c1cc(C(=O)NCc2ccc(F)c(F)c2)nc2c(CNc3ccccc3Cl)cnn12. The predicted octanol–water partition coefficient (Wildman–Crippen LogP) is 3.02. The molecule has 0 atom stereocenters. The molecule has 0 spiro atoms. The topological polar surface area (TPSA) is 138 Å². The van der Waals surface area contributed by atoms with Crippen LogP contribution >= 0.6 is 11.6 Å². The van der Waals surface area contributed by atoms with E-state index in [0.29, 0.717) is 21.8 Å². The third-order valence-corrected chi connectivity index (χ3v) is 5.52. The van der Waals surface area contributed by atoms with Crippen LogP contribution in [-0.2, 0) is 17.9 Å². The van der Waals surface area contributed by atoms with Crippen LogP contribution < -0.4 is 16.0 Å². The molecule has 4 aromatic rings. The van der Waals surface area contributed by atoms with Crippen LogP contribution in [0.5, 0.6) is 0 Å². The van der Waals surface area contributed by atoms with E-state index >= 15 is 0 Å². The Hall–Kier alpha value is -4.58. The first-order chi connectivity index (χ1) is 17.7. The zero-order valence-electron chi connectivity index (χ0n) is 19.0. The molecule has 4 rings (SSSR count). The van der Waals surface area contributed by atoms with Crippen LogP contribution in [0.2, 0.25) is 5.02 Å². The summed E-state index contributed by atoms with van der Waals surface area (Å²) in [5.74, 6) is -4.83. The fourth-order valence-corrected chi connectivity index (χ4v) is 3.58. The second-order valence-electron chi connectivity index (χ2n) is 7.77. The first-order valence-electron chi connectivity index (χ1n) is 10.8. The van der Waals surface area contributed by atoms with Crippen molar-refractivity contribution < 1.29 is 28.3 Å². The van der Waals surface area contributed by atoms with E-state index in [9.17, 15) is 23.2 Å². The Morgan fingerprint density at radius 3 is 2.49 bits per heavy atom. The Balaban J connectivity index is 1.64. The second kappa shape index (κ2) is 11.0. The maximum atomic E-state index is 13.5. The zero-order valence-corrected chi connectivity index (χ0v) is 19.7. The van der Waals surface area contributed by atoms with Crippen molar-refractivity contribution in [3.8, 4) is 0 Å². The molecule has 2 aromatic heterocycles. The van der Waals surface area contributed by atoms with Gasteiger partial charge in [-0.1, -0.05) is 29.8 Å². The summed E-state index contributed by atoms with van der Waals surface area (Å²) in [7, 11) is 0. The smallest absolute Gasteiger partial charge is 0.322 e. The van der Waals surface area contributed by atoms with Crippen LogP contribution in [0.25, 0.3) is 5.65 Å². The number of carbonyl (C=O) groups excluding carboxylic acids is 2. The third kappa shape index (κ3) is 5.98. The minimum Gasteiger partial charge on any atom is -0.480 e. The molecule has 0 unspecified atom stereocenters. The summed E-state index contributed by atoms with van der Waals surface area (Å²) in [6, 6.07) is 11.4. The molecule has 37 heavy (non-hydrogen) atoms. The van der Waals surface area contributed by atoms with Crippen molar-refractivity contribution in [3.63, 3.8) is 0 Å². The summed E-state index contributed by atoms with van der Waals surface area (Å²) in [5, 5.41) is 21.5. The number of benzene rings is 2. The first kappa shape index (κ1) is 25.5. The van der Waals surface area contributed by atoms with Gasteiger partial charge in [0, 0.05) is 24.7 Å². The molecule has 0 radical (unpaired) electrons. The van der Waals surface area contributed by atoms with Gasteiger partial charge in [0.25, 0.3) is 11.8 Å².